The molecule has 0 atom stereocenters. The summed E-state index contributed by atoms with van der Waals surface area (Å²) < 4.78 is 5.20. The van der Waals surface area contributed by atoms with Crippen LogP contribution in [-0.4, -0.2) is 62.3 Å². The fraction of sp³-hybridized carbons (Fsp3) is 0.333. The number of nitrogens with one attached hydrogen (secondary N) is 1. The van der Waals surface area contributed by atoms with Gasteiger partial charge < -0.3 is 25.6 Å². The van der Waals surface area contributed by atoms with Crippen molar-refractivity contribution in [3.8, 4) is 5.75 Å². The van der Waals surface area contributed by atoms with Crippen LogP contribution in [0.3, 0.4) is 0 Å². The fourth-order valence-electron chi connectivity index (χ4n) is 3.18. The average molecular weight is 415 g/mol. The number of nitrogens with two attached hydrogens (primary N) is 1. The number of benzene rings is 2. The highest BCUT2D eigenvalue weighted by atomic mass is 32.2. The standard InChI is InChI=1S/C21H26N4O3S/c1-28-17-8-6-16(7-9-17)24-10-12-25(13-11-24)21(27)14-23-18-4-2-3-5-19(18)29-15-20(22)26/h2-9,23H,10-15H2,1H3,(H2,22,26). The summed E-state index contributed by atoms with van der Waals surface area (Å²) in [5.41, 5.74) is 7.20. The second-order valence-corrected chi connectivity index (χ2v) is 7.69. The highest BCUT2D eigenvalue weighted by Crippen LogP contribution is 2.26. The van der Waals surface area contributed by atoms with Gasteiger partial charge in [-0.25, -0.2) is 0 Å². The molecule has 154 valence electrons. The number of hydrogen-bond donors (Lipinski definition) is 2. The number of methoxy groups -OCH3 is 1. The van der Waals surface area contributed by atoms with Crippen molar-refractivity contribution in [1.29, 1.82) is 0 Å². The van der Waals surface area contributed by atoms with E-state index in [0.29, 0.717) is 13.1 Å². The van der Waals surface area contributed by atoms with Gasteiger partial charge in [0.05, 0.1) is 19.4 Å². The molecule has 0 radical (unpaired) electrons. The number of amides is 2. The molecule has 2 aromatic rings. The number of piperazine rings is 1. The number of thioether (sulfide) groups is 1. The average Bonchev–Trinajstić information content (AvgIpc) is 2.76. The smallest absolute Gasteiger partial charge is 0.241 e. The topological polar surface area (TPSA) is 87.9 Å². The lowest BCUT2D eigenvalue weighted by molar-refractivity contribution is -0.129. The van der Waals surface area contributed by atoms with Gasteiger partial charge in [-0.15, -0.1) is 11.8 Å². The Kier molecular flexibility index (Phi) is 7.24. The Balaban J connectivity index is 1.49. The first-order valence-electron chi connectivity index (χ1n) is 9.47. The SMILES string of the molecule is COc1ccc(N2CCN(C(=O)CNc3ccccc3SCC(N)=O)CC2)cc1. The van der Waals surface area contributed by atoms with Crippen molar-refractivity contribution in [2.45, 2.75) is 4.90 Å². The van der Waals surface area contributed by atoms with Crippen molar-refractivity contribution in [3.63, 3.8) is 0 Å². The molecule has 29 heavy (non-hydrogen) atoms. The van der Waals surface area contributed by atoms with E-state index < -0.39 is 0 Å². The molecule has 2 amide bonds. The Morgan fingerprint density at radius 2 is 1.76 bits per heavy atom. The van der Waals surface area contributed by atoms with Gasteiger partial charge in [0.1, 0.15) is 5.75 Å². The third-order valence-electron chi connectivity index (χ3n) is 4.76. The summed E-state index contributed by atoms with van der Waals surface area (Å²) in [5, 5.41) is 3.20. The van der Waals surface area contributed by atoms with Gasteiger partial charge in [0.15, 0.2) is 0 Å². The van der Waals surface area contributed by atoms with Crippen LogP contribution in [0.15, 0.2) is 53.4 Å². The van der Waals surface area contributed by atoms with Crippen LogP contribution in [0.25, 0.3) is 0 Å². The summed E-state index contributed by atoms with van der Waals surface area (Å²) >= 11 is 1.37. The maximum Gasteiger partial charge on any atom is 0.241 e. The molecular formula is C21H26N4O3S. The van der Waals surface area contributed by atoms with Crippen molar-refractivity contribution in [2.24, 2.45) is 5.73 Å². The molecule has 1 fully saturated rings. The van der Waals surface area contributed by atoms with E-state index in [1.165, 1.54) is 11.8 Å². The van der Waals surface area contributed by atoms with Gasteiger partial charge in [-0.2, -0.15) is 0 Å². The number of para-hydroxylation sites is 1. The zero-order valence-electron chi connectivity index (χ0n) is 16.5. The van der Waals surface area contributed by atoms with E-state index in [1.807, 2.05) is 53.4 Å². The maximum absolute atomic E-state index is 12.6. The van der Waals surface area contributed by atoms with E-state index >= 15 is 0 Å². The quantitative estimate of drug-likeness (QED) is 0.643. The Morgan fingerprint density at radius 1 is 1.07 bits per heavy atom. The van der Waals surface area contributed by atoms with Crippen molar-refractivity contribution < 1.29 is 14.3 Å². The van der Waals surface area contributed by atoms with E-state index in [-0.39, 0.29) is 24.1 Å². The molecule has 0 saturated carbocycles. The van der Waals surface area contributed by atoms with E-state index in [1.54, 1.807) is 7.11 Å². The lowest BCUT2D eigenvalue weighted by Gasteiger charge is -2.36. The molecule has 1 heterocycles. The number of rotatable bonds is 8. The first kappa shape index (κ1) is 20.9. The molecule has 2 aromatic carbocycles. The summed E-state index contributed by atoms with van der Waals surface area (Å²) in [4.78, 5) is 28.7. The second kappa shape index (κ2) is 10.1. The van der Waals surface area contributed by atoms with E-state index in [9.17, 15) is 9.59 Å². The normalized spacial score (nSPS) is 13.8. The van der Waals surface area contributed by atoms with Gasteiger partial charge in [0.25, 0.3) is 0 Å². The van der Waals surface area contributed by atoms with Crippen LogP contribution in [0.4, 0.5) is 11.4 Å². The number of hydrogen-bond acceptors (Lipinski definition) is 6. The highest BCUT2D eigenvalue weighted by Gasteiger charge is 2.21. The van der Waals surface area contributed by atoms with E-state index in [2.05, 4.69) is 10.2 Å². The van der Waals surface area contributed by atoms with Crippen LogP contribution >= 0.6 is 11.8 Å². The molecule has 0 spiro atoms. The fourth-order valence-corrected chi connectivity index (χ4v) is 3.95. The summed E-state index contributed by atoms with van der Waals surface area (Å²) in [6, 6.07) is 15.6. The number of carbonyl (C=O) groups excluding carboxylic acids is 2. The number of carbonyl (C=O) groups is 2. The number of ether oxygens (including phenoxy) is 1. The van der Waals surface area contributed by atoms with Crippen LogP contribution in [-0.2, 0) is 9.59 Å². The monoisotopic (exact) mass is 414 g/mol. The molecule has 0 bridgehead atoms. The Hall–Kier alpha value is -2.87. The van der Waals surface area contributed by atoms with Gasteiger partial charge in [-0.3, -0.25) is 9.59 Å². The van der Waals surface area contributed by atoms with Crippen LogP contribution < -0.4 is 20.7 Å². The summed E-state index contributed by atoms with van der Waals surface area (Å²) in [7, 11) is 1.66. The van der Waals surface area contributed by atoms with Gasteiger partial charge in [-0.05, 0) is 36.4 Å². The molecule has 8 heteroatoms. The lowest BCUT2D eigenvalue weighted by atomic mass is 10.2. The van der Waals surface area contributed by atoms with E-state index in [4.69, 9.17) is 10.5 Å². The number of primary amides is 1. The Morgan fingerprint density at radius 3 is 2.41 bits per heavy atom. The van der Waals surface area contributed by atoms with Crippen LogP contribution in [0.1, 0.15) is 0 Å². The largest absolute Gasteiger partial charge is 0.497 e. The molecule has 3 N–H and O–H groups in total. The molecule has 0 aliphatic carbocycles. The molecule has 1 aliphatic heterocycles. The molecule has 1 saturated heterocycles. The van der Waals surface area contributed by atoms with Gasteiger partial charge in [-0.1, -0.05) is 12.1 Å². The zero-order chi connectivity index (χ0) is 20.6. The van der Waals surface area contributed by atoms with Crippen molar-refractivity contribution in [2.75, 3.05) is 55.8 Å². The predicted octanol–water partition coefficient (Wildman–Crippen LogP) is 2.03. The van der Waals surface area contributed by atoms with Crippen molar-refractivity contribution in [3.05, 3.63) is 48.5 Å². The maximum atomic E-state index is 12.6. The number of anilines is 2. The van der Waals surface area contributed by atoms with Crippen LogP contribution in [0.2, 0.25) is 0 Å². The lowest BCUT2D eigenvalue weighted by Crippen LogP contribution is -2.50. The zero-order valence-corrected chi connectivity index (χ0v) is 17.3. The Bertz CT molecular complexity index is 836. The third-order valence-corrected chi connectivity index (χ3v) is 5.85. The molecule has 7 nitrogen and oxygen atoms in total. The molecular weight excluding hydrogens is 388 g/mol. The number of nitrogens with zero attached hydrogens (tertiary/aromatic N) is 2. The second-order valence-electron chi connectivity index (χ2n) is 6.67. The minimum atomic E-state index is -0.365. The molecule has 0 unspecified atom stereocenters. The van der Waals surface area contributed by atoms with Crippen LogP contribution in [0.5, 0.6) is 5.75 Å². The summed E-state index contributed by atoms with van der Waals surface area (Å²) in [6.07, 6.45) is 0. The van der Waals surface area contributed by atoms with Gasteiger partial charge >= 0.3 is 0 Å². The highest BCUT2D eigenvalue weighted by molar-refractivity contribution is 8.00. The van der Waals surface area contributed by atoms with Gasteiger partial charge in [0.2, 0.25) is 11.8 Å². The molecule has 3 rings (SSSR count). The van der Waals surface area contributed by atoms with E-state index in [0.717, 1.165) is 35.1 Å². The minimum absolute atomic E-state index is 0.0640. The first-order valence-corrected chi connectivity index (χ1v) is 10.5. The predicted molar refractivity (Wildman–Crippen MR) is 117 cm³/mol. The van der Waals surface area contributed by atoms with Crippen molar-refractivity contribution >= 4 is 35.0 Å². The molecule has 1 aliphatic rings. The first-order chi connectivity index (χ1) is 14.1. The minimum Gasteiger partial charge on any atom is -0.497 e. The van der Waals surface area contributed by atoms with Gasteiger partial charge in [0, 0.05) is 42.4 Å². The molecule has 0 aromatic heterocycles. The van der Waals surface area contributed by atoms with Crippen LogP contribution in [0, 0.1) is 0 Å². The Labute approximate surface area is 175 Å². The summed E-state index contributed by atoms with van der Waals surface area (Å²) in [6.45, 7) is 3.18. The summed E-state index contributed by atoms with van der Waals surface area (Å²) in [5.74, 6) is 0.743. The third kappa shape index (κ3) is 5.80. The van der Waals surface area contributed by atoms with Crippen molar-refractivity contribution in [1.82, 2.24) is 4.90 Å².